The zero-order valence-corrected chi connectivity index (χ0v) is 8.79. The summed E-state index contributed by atoms with van der Waals surface area (Å²) in [4.78, 5) is 10.9. The average molecular weight is 238 g/mol. The molecule has 2 N–H and O–H groups in total. The number of nitrogens with zero attached hydrogens (tertiary/aromatic N) is 1. The number of aryl methyl sites for hydroxylation is 1. The van der Waals surface area contributed by atoms with Crippen molar-refractivity contribution in [2.75, 3.05) is 0 Å². The summed E-state index contributed by atoms with van der Waals surface area (Å²) in [5.41, 5.74) is -0.0120. The van der Waals surface area contributed by atoms with Crippen LogP contribution in [0.2, 0.25) is 0 Å². The van der Waals surface area contributed by atoms with Gasteiger partial charge in [-0.2, -0.15) is 5.10 Å². The Balaban J connectivity index is 2.71. The van der Waals surface area contributed by atoms with Gasteiger partial charge in [0, 0.05) is 16.8 Å². The van der Waals surface area contributed by atoms with Gasteiger partial charge in [0.05, 0.1) is 0 Å². The van der Waals surface area contributed by atoms with Gasteiger partial charge < -0.3 is 5.11 Å². The molecular formula is C11H8F2N2O2. The van der Waals surface area contributed by atoms with E-state index in [0.29, 0.717) is 5.69 Å². The van der Waals surface area contributed by atoms with E-state index in [1.165, 1.54) is 0 Å². The highest BCUT2D eigenvalue weighted by Gasteiger charge is 2.21. The summed E-state index contributed by atoms with van der Waals surface area (Å²) in [5.74, 6) is -2.63. The van der Waals surface area contributed by atoms with Crippen molar-refractivity contribution in [3.05, 3.63) is 41.2 Å². The molecule has 88 valence electrons. The second kappa shape index (κ2) is 3.97. The first-order chi connectivity index (χ1) is 8.00. The first-order valence-electron chi connectivity index (χ1n) is 4.74. The minimum atomic E-state index is -1.30. The monoisotopic (exact) mass is 238 g/mol. The van der Waals surface area contributed by atoms with E-state index < -0.39 is 17.6 Å². The minimum Gasteiger partial charge on any atom is -0.476 e. The van der Waals surface area contributed by atoms with Gasteiger partial charge in [-0.05, 0) is 25.1 Å². The Kier molecular flexibility index (Phi) is 2.63. The third kappa shape index (κ3) is 1.89. The molecular weight excluding hydrogens is 230 g/mol. The number of H-pyrrole nitrogens is 1. The number of hydrogen-bond donors (Lipinski definition) is 2. The van der Waals surface area contributed by atoms with Crippen molar-refractivity contribution < 1.29 is 18.7 Å². The van der Waals surface area contributed by atoms with Crippen LogP contribution >= 0.6 is 0 Å². The standard InChI is InChI=1S/C11H8F2N2O2/c1-5-9(10(11(16)17)15-14-5)7-4-6(12)2-3-8(7)13/h2-4H,1H3,(H,14,15)(H,16,17). The Bertz CT molecular complexity index is 593. The minimum absolute atomic E-state index is 0.0644. The second-order valence-electron chi connectivity index (χ2n) is 3.50. The molecule has 0 fully saturated rings. The Morgan fingerprint density at radius 3 is 2.76 bits per heavy atom. The highest BCUT2D eigenvalue weighted by Crippen LogP contribution is 2.28. The van der Waals surface area contributed by atoms with Gasteiger partial charge in [0.25, 0.3) is 0 Å². The lowest BCUT2D eigenvalue weighted by Gasteiger charge is -2.03. The molecule has 0 aliphatic rings. The number of aromatic nitrogens is 2. The maximum absolute atomic E-state index is 13.6. The molecule has 0 atom stereocenters. The lowest BCUT2D eigenvalue weighted by atomic mass is 10.0. The molecule has 2 aromatic rings. The third-order valence-corrected chi connectivity index (χ3v) is 2.35. The fourth-order valence-electron chi connectivity index (χ4n) is 1.60. The van der Waals surface area contributed by atoms with Crippen molar-refractivity contribution in [1.82, 2.24) is 10.2 Å². The summed E-state index contributed by atoms with van der Waals surface area (Å²) >= 11 is 0. The van der Waals surface area contributed by atoms with Crippen LogP contribution in [0.3, 0.4) is 0 Å². The van der Waals surface area contributed by atoms with Gasteiger partial charge >= 0.3 is 5.97 Å². The van der Waals surface area contributed by atoms with E-state index in [4.69, 9.17) is 5.11 Å². The Morgan fingerprint density at radius 2 is 2.12 bits per heavy atom. The van der Waals surface area contributed by atoms with Gasteiger partial charge in [-0.15, -0.1) is 0 Å². The van der Waals surface area contributed by atoms with Gasteiger partial charge in [0.15, 0.2) is 5.69 Å². The topological polar surface area (TPSA) is 66.0 Å². The largest absolute Gasteiger partial charge is 0.476 e. The van der Waals surface area contributed by atoms with E-state index in [1.807, 2.05) is 0 Å². The summed E-state index contributed by atoms with van der Waals surface area (Å²) < 4.78 is 26.6. The van der Waals surface area contributed by atoms with Crippen molar-refractivity contribution in [1.29, 1.82) is 0 Å². The Labute approximate surface area is 94.9 Å². The van der Waals surface area contributed by atoms with Crippen LogP contribution in [-0.4, -0.2) is 21.3 Å². The van der Waals surface area contributed by atoms with E-state index in [-0.39, 0.29) is 16.8 Å². The molecule has 0 aliphatic heterocycles. The smallest absolute Gasteiger partial charge is 0.357 e. The average Bonchev–Trinajstić information content (AvgIpc) is 2.64. The highest BCUT2D eigenvalue weighted by atomic mass is 19.1. The lowest BCUT2D eigenvalue weighted by Crippen LogP contribution is -2.00. The normalized spacial score (nSPS) is 10.5. The van der Waals surface area contributed by atoms with E-state index in [2.05, 4.69) is 10.2 Å². The summed E-state index contributed by atoms with van der Waals surface area (Å²) in [6.45, 7) is 1.54. The number of halogens is 2. The molecule has 0 unspecified atom stereocenters. The number of carboxylic acids is 1. The predicted molar refractivity (Wildman–Crippen MR) is 55.6 cm³/mol. The van der Waals surface area contributed by atoms with Gasteiger partial charge in [-0.3, -0.25) is 5.10 Å². The molecule has 1 heterocycles. The van der Waals surface area contributed by atoms with E-state index >= 15 is 0 Å². The molecule has 0 aliphatic carbocycles. The first kappa shape index (κ1) is 11.3. The molecule has 1 aromatic heterocycles. The lowest BCUT2D eigenvalue weighted by molar-refractivity contribution is 0.0691. The highest BCUT2D eigenvalue weighted by molar-refractivity contribution is 5.94. The van der Waals surface area contributed by atoms with Crippen LogP contribution in [0.5, 0.6) is 0 Å². The second-order valence-corrected chi connectivity index (χ2v) is 3.50. The molecule has 4 nitrogen and oxygen atoms in total. The van der Waals surface area contributed by atoms with Crippen LogP contribution in [-0.2, 0) is 0 Å². The maximum atomic E-state index is 13.6. The van der Waals surface area contributed by atoms with E-state index in [1.54, 1.807) is 6.92 Å². The number of rotatable bonds is 2. The molecule has 0 saturated carbocycles. The van der Waals surface area contributed by atoms with Crippen LogP contribution in [0.4, 0.5) is 8.78 Å². The molecule has 0 bridgehead atoms. The molecule has 0 amide bonds. The van der Waals surface area contributed by atoms with Crippen LogP contribution < -0.4 is 0 Å². The van der Waals surface area contributed by atoms with Crippen LogP contribution in [0.1, 0.15) is 16.2 Å². The predicted octanol–water partition coefficient (Wildman–Crippen LogP) is 2.36. The van der Waals surface area contributed by atoms with E-state index in [9.17, 15) is 13.6 Å². The quantitative estimate of drug-likeness (QED) is 0.844. The Hall–Kier alpha value is -2.24. The first-order valence-corrected chi connectivity index (χ1v) is 4.74. The van der Waals surface area contributed by atoms with Gasteiger partial charge in [-0.25, -0.2) is 13.6 Å². The fourth-order valence-corrected chi connectivity index (χ4v) is 1.60. The number of carboxylic acid groups (broad SMARTS) is 1. The van der Waals surface area contributed by atoms with Gasteiger partial charge in [-0.1, -0.05) is 0 Å². The maximum Gasteiger partial charge on any atom is 0.357 e. The number of aromatic amines is 1. The Morgan fingerprint density at radius 1 is 1.41 bits per heavy atom. The van der Waals surface area contributed by atoms with Gasteiger partial charge in [0.1, 0.15) is 11.6 Å². The van der Waals surface area contributed by atoms with Gasteiger partial charge in [0.2, 0.25) is 0 Å². The molecule has 6 heteroatoms. The zero-order valence-electron chi connectivity index (χ0n) is 8.79. The van der Waals surface area contributed by atoms with Crippen molar-refractivity contribution in [2.45, 2.75) is 6.92 Å². The molecule has 17 heavy (non-hydrogen) atoms. The molecule has 0 saturated heterocycles. The van der Waals surface area contributed by atoms with Crippen LogP contribution in [0.25, 0.3) is 11.1 Å². The van der Waals surface area contributed by atoms with Crippen molar-refractivity contribution in [2.24, 2.45) is 0 Å². The van der Waals surface area contributed by atoms with Crippen LogP contribution in [0.15, 0.2) is 18.2 Å². The zero-order chi connectivity index (χ0) is 12.6. The number of hydrogen-bond acceptors (Lipinski definition) is 2. The fraction of sp³-hybridized carbons (Fsp3) is 0.0909. The number of nitrogens with one attached hydrogen (secondary N) is 1. The summed E-state index contributed by atoms with van der Waals surface area (Å²) in [6, 6.07) is 2.86. The van der Waals surface area contributed by atoms with Crippen molar-refractivity contribution in [3.63, 3.8) is 0 Å². The molecule has 2 rings (SSSR count). The summed E-state index contributed by atoms with van der Waals surface area (Å²) in [5, 5.41) is 14.9. The van der Waals surface area contributed by atoms with Crippen molar-refractivity contribution in [3.8, 4) is 11.1 Å². The molecule has 1 aromatic carbocycles. The number of aromatic carboxylic acids is 1. The SMILES string of the molecule is Cc1[nH]nc(C(=O)O)c1-c1cc(F)ccc1F. The van der Waals surface area contributed by atoms with Crippen molar-refractivity contribution >= 4 is 5.97 Å². The molecule has 0 radical (unpaired) electrons. The summed E-state index contributed by atoms with van der Waals surface area (Å²) in [7, 11) is 0. The summed E-state index contributed by atoms with van der Waals surface area (Å²) in [6.07, 6.45) is 0. The number of benzene rings is 1. The third-order valence-electron chi connectivity index (χ3n) is 2.35. The number of carbonyl (C=O) groups is 1. The van der Waals surface area contributed by atoms with E-state index in [0.717, 1.165) is 18.2 Å². The van der Waals surface area contributed by atoms with Crippen LogP contribution in [0, 0.1) is 18.6 Å². The molecule has 0 spiro atoms.